The molecule has 1 aromatic rings. The van der Waals surface area contributed by atoms with Crippen LogP contribution in [0.25, 0.3) is 0 Å². The molecule has 0 spiro atoms. The molecule has 1 unspecified atom stereocenters. The van der Waals surface area contributed by atoms with Crippen molar-refractivity contribution in [3.05, 3.63) is 29.3 Å². The minimum Gasteiger partial charge on any atom is -0.493 e. The monoisotopic (exact) mass is 363 g/mol. The number of nitrogens with one attached hydrogen (secondary N) is 2. The van der Waals surface area contributed by atoms with Crippen molar-refractivity contribution in [3.8, 4) is 5.75 Å². The van der Waals surface area contributed by atoms with Crippen molar-refractivity contribution >= 4 is 5.96 Å². The third-order valence-electron chi connectivity index (χ3n) is 4.29. The van der Waals surface area contributed by atoms with Crippen LogP contribution in [0.2, 0.25) is 0 Å². The van der Waals surface area contributed by atoms with Gasteiger partial charge in [-0.15, -0.1) is 0 Å². The predicted molar refractivity (Wildman–Crippen MR) is 105 cm³/mol. The molecule has 0 bridgehead atoms. The smallest absolute Gasteiger partial charge is 0.191 e. The molecule has 1 atom stereocenters. The van der Waals surface area contributed by atoms with Crippen LogP contribution >= 0.6 is 0 Å². The van der Waals surface area contributed by atoms with Crippen molar-refractivity contribution in [3.63, 3.8) is 0 Å². The van der Waals surface area contributed by atoms with Crippen LogP contribution in [0.5, 0.6) is 5.75 Å². The molecule has 0 radical (unpaired) electrons. The lowest BCUT2D eigenvalue weighted by molar-refractivity contribution is 0.166. The van der Waals surface area contributed by atoms with Gasteiger partial charge < -0.3 is 24.8 Å². The van der Waals surface area contributed by atoms with Crippen LogP contribution in [-0.4, -0.2) is 52.6 Å². The summed E-state index contributed by atoms with van der Waals surface area (Å²) in [4.78, 5) is 4.70. The van der Waals surface area contributed by atoms with E-state index in [1.807, 2.05) is 0 Å². The summed E-state index contributed by atoms with van der Waals surface area (Å²) in [5.74, 6) is 2.24. The number of hydrogen-bond acceptors (Lipinski definition) is 4. The van der Waals surface area contributed by atoms with Crippen molar-refractivity contribution < 1.29 is 14.2 Å². The van der Waals surface area contributed by atoms with E-state index in [0.29, 0.717) is 19.1 Å². The van der Waals surface area contributed by atoms with E-state index < -0.39 is 0 Å². The number of nitrogens with zero attached hydrogens (tertiary/aromatic N) is 1. The average Bonchev–Trinajstić information content (AvgIpc) is 3.16. The van der Waals surface area contributed by atoms with Gasteiger partial charge in [0, 0.05) is 44.9 Å². The summed E-state index contributed by atoms with van der Waals surface area (Å²) in [7, 11) is 1.72. The fourth-order valence-corrected chi connectivity index (χ4v) is 2.78. The molecule has 6 nitrogen and oxygen atoms in total. The Kier molecular flexibility index (Phi) is 9.28. The molecule has 146 valence electrons. The number of rotatable bonds is 10. The Morgan fingerprint density at radius 2 is 2.23 bits per heavy atom. The van der Waals surface area contributed by atoms with Crippen LogP contribution < -0.4 is 15.4 Å². The zero-order chi connectivity index (χ0) is 18.6. The summed E-state index contributed by atoms with van der Waals surface area (Å²) >= 11 is 0. The molecule has 1 saturated heterocycles. The van der Waals surface area contributed by atoms with E-state index in [1.54, 1.807) is 7.11 Å². The third kappa shape index (κ3) is 7.22. The minimum atomic E-state index is 0.492. The highest BCUT2D eigenvalue weighted by Gasteiger charge is 2.17. The lowest BCUT2D eigenvalue weighted by Gasteiger charge is -2.15. The van der Waals surface area contributed by atoms with E-state index in [1.165, 1.54) is 5.56 Å². The number of benzene rings is 1. The molecule has 1 aliphatic heterocycles. The SMILES string of the molecule is CCNC(=NCc1ccc(C)cc1OCC1CCOC1)NCCCOC. The van der Waals surface area contributed by atoms with E-state index in [4.69, 9.17) is 19.2 Å². The molecule has 0 aliphatic carbocycles. The van der Waals surface area contributed by atoms with Crippen LogP contribution in [0.1, 0.15) is 30.9 Å². The quantitative estimate of drug-likeness (QED) is 0.380. The van der Waals surface area contributed by atoms with Crippen molar-refractivity contribution in [1.29, 1.82) is 0 Å². The highest BCUT2D eigenvalue weighted by molar-refractivity contribution is 5.79. The Morgan fingerprint density at radius 3 is 2.96 bits per heavy atom. The van der Waals surface area contributed by atoms with Crippen LogP contribution in [-0.2, 0) is 16.0 Å². The number of hydrogen-bond donors (Lipinski definition) is 2. The second-order valence-corrected chi connectivity index (χ2v) is 6.62. The molecule has 1 aromatic carbocycles. The summed E-state index contributed by atoms with van der Waals surface area (Å²) in [6.07, 6.45) is 2.03. The molecule has 1 heterocycles. The van der Waals surface area contributed by atoms with E-state index in [9.17, 15) is 0 Å². The zero-order valence-corrected chi connectivity index (χ0v) is 16.3. The maximum absolute atomic E-state index is 6.10. The van der Waals surface area contributed by atoms with Crippen LogP contribution in [0.3, 0.4) is 0 Å². The standard InChI is InChI=1S/C20H33N3O3/c1-4-21-20(22-9-5-10-24-3)23-13-18-7-6-16(2)12-19(18)26-15-17-8-11-25-14-17/h6-7,12,17H,4-5,8-11,13-15H2,1-3H3,(H2,21,22,23). The number of aliphatic imine (C=N–C) groups is 1. The summed E-state index contributed by atoms with van der Waals surface area (Å²) in [6, 6.07) is 6.31. The van der Waals surface area contributed by atoms with Crippen LogP contribution in [0.15, 0.2) is 23.2 Å². The van der Waals surface area contributed by atoms with Gasteiger partial charge in [0.15, 0.2) is 5.96 Å². The van der Waals surface area contributed by atoms with E-state index >= 15 is 0 Å². The van der Waals surface area contributed by atoms with Gasteiger partial charge in [0.1, 0.15) is 5.75 Å². The molecule has 1 aliphatic rings. The molecule has 26 heavy (non-hydrogen) atoms. The Balaban J connectivity index is 1.96. The fraction of sp³-hybridized carbons (Fsp3) is 0.650. The third-order valence-corrected chi connectivity index (χ3v) is 4.29. The van der Waals surface area contributed by atoms with E-state index in [2.05, 4.69) is 42.7 Å². The van der Waals surface area contributed by atoms with Crippen LogP contribution in [0.4, 0.5) is 0 Å². The first kappa shape index (κ1) is 20.5. The Morgan fingerprint density at radius 1 is 1.35 bits per heavy atom. The van der Waals surface area contributed by atoms with E-state index in [0.717, 1.165) is 63.0 Å². The molecule has 2 rings (SSSR count). The van der Waals surface area contributed by atoms with Crippen molar-refractivity contribution in [1.82, 2.24) is 10.6 Å². The van der Waals surface area contributed by atoms with Crippen molar-refractivity contribution in [2.75, 3.05) is 46.6 Å². The van der Waals surface area contributed by atoms with Gasteiger partial charge in [0.2, 0.25) is 0 Å². The highest BCUT2D eigenvalue weighted by Crippen LogP contribution is 2.23. The molecular weight excluding hydrogens is 330 g/mol. The molecule has 0 amide bonds. The molecule has 0 aromatic heterocycles. The highest BCUT2D eigenvalue weighted by atomic mass is 16.5. The first-order valence-electron chi connectivity index (χ1n) is 9.54. The van der Waals surface area contributed by atoms with Crippen molar-refractivity contribution in [2.24, 2.45) is 10.9 Å². The molecule has 6 heteroatoms. The van der Waals surface area contributed by atoms with Gasteiger partial charge in [-0.2, -0.15) is 0 Å². The maximum atomic E-state index is 6.10. The maximum Gasteiger partial charge on any atom is 0.191 e. The van der Waals surface area contributed by atoms with Gasteiger partial charge in [0.05, 0.1) is 19.8 Å². The molecule has 1 fully saturated rings. The van der Waals surface area contributed by atoms with Gasteiger partial charge in [-0.1, -0.05) is 12.1 Å². The lowest BCUT2D eigenvalue weighted by atomic mass is 10.1. The Bertz CT molecular complexity index is 557. The predicted octanol–water partition coefficient (Wildman–Crippen LogP) is 2.50. The van der Waals surface area contributed by atoms with Gasteiger partial charge in [-0.05, 0) is 38.3 Å². The summed E-state index contributed by atoms with van der Waals surface area (Å²) < 4.78 is 16.6. The topological polar surface area (TPSA) is 64.1 Å². The van der Waals surface area contributed by atoms with Gasteiger partial charge in [0.25, 0.3) is 0 Å². The second-order valence-electron chi connectivity index (χ2n) is 6.62. The van der Waals surface area contributed by atoms with Gasteiger partial charge in [-0.25, -0.2) is 4.99 Å². The number of ether oxygens (including phenoxy) is 3. The average molecular weight is 364 g/mol. The molecule has 2 N–H and O–H groups in total. The van der Waals surface area contributed by atoms with Crippen LogP contribution in [0, 0.1) is 12.8 Å². The zero-order valence-electron chi connectivity index (χ0n) is 16.3. The normalized spacial score (nSPS) is 17.3. The van der Waals surface area contributed by atoms with Gasteiger partial charge in [-0.3, -0.25) is 0 Å². The second kappa shape index (κ2) is 11.8. The van der Waals surface area contributed by atoms with E-state index in [-0.39, 0.29) is 0 Å². The minimum absolute atomic E-state index is 0.492. The number of methoxy groups -OCH3 is 1. The number of guanidine groups is 1. The first-order valence-corrected chi connectivity index (χ1v) is 9.54. The summed E-state index contributed by atoms with van der Waals surface area (Å²) in [6.45, 7) is 9.48. The molecule has 0 saturated carbocycles. The Hall–Kier alpha value is -1.79. The molecular formula is C20H33N3O3. The van der Waals surface area contributed by atoms with Gasteiger partial charge >= 0.3 is 0 Å². The Labute approximate surface area is 157 Å². The first-order chi connectivity index (χ1) is 12.7. The summed E-state index contributed by atoms with van der Waals surface area (Å²) in [5.41, 5.74) is 2.30. The van der Waals surface area contributed by atoms with Crippen molar-refractivity contribution in [2.45, 2.75) is 33.2 Å². The largest absolute Gasteiger partial charge is 0.493 e. The number of aryl methyl sites for hydroxylation is 1. The fourth-order valence-electron chi connectivity index (χ4n) is 2.78. The lowest BCUT2D eigenvalue weighted by Crippen LogP contribution is -2.38. The summed E-state index contributed by atoms with van der Waals surface area (Å²) in [5, 5.41) is 6.61.